The number of thiophene rings is 1. The van der Waals surface area contributed by atoms with Crippen LogP contribution in [0.2, 0.25) is 0 Å². The largest absolute Gasteiger partial charge is 0.409 e. The number of oxime groups is 1. The molecule has 4 N–H and O–H groups in total. The van der Waals surface area contributed by atoms with Crippen LogP contribution in [0.1, 0.15) is 10.4 Å². The normalized spacial score (nSPS) is 12.6. The highest BCUT2D eigenvalue weighted by Gasteiger charge is 2.23. The van der Waals surface area contributed by atoms with Gasteiger partial charge in [-0.2, -0.15) is 5.10 Å². The van der Waals surface area contributed by atoms with Crippen LogP contribution in [-0.2, 0) is 17.1 Å². The van der Waals surface area contributed by atoms with E-state index in [1.807, 2.05) is 0 Å². The Hall–Kier alpha value is -1.59. The second kappa shape index (κ2) is 5.66. The lowest BCUT2D eigenvalue weighted by Crippen LogP contribution is -2.20. The quantitative estimate of drug-likeness (QED) is 0.314. The SMILES string of the molecule is Cc1sc(Br)cc1S(=O)(=O)Nc1c(C(N)=NO)cnn1C. The summed E-state index contributed by atoms with van der Waals surface area (Å²) in [5, 5.41) is 15.5. The van der Waals surface area contributed by atoms with Gasteiger partial charge in [-0.15, -0.1) is 11.3 Å². The van der Waals surface area contributed by atoms with E-state index in [0.29, 0.717) is 8.66 Å². The summed E-state index contributed by atoms with van der Waals surface area (Å²) in [7, 11) is -2.26. The van der Waals surface area contributed by atoms with Crippen molar-refractivity contribution in [3.05, 3.63) is 26.5 Å². The molecule has 0 bridgehead atoms. The molecule has 0 atom stereocenters. The Labute approximate surface area is 133 Å². The third-order valence-electron chi connectivity index (χ3n) is 2.69. The minimum atomic E-state index is -3.80. The number of aryl methyl sites for hydroxylation is 2. The first-order valence-corrected chi connectivity index (χ1v) is 8.64. The van der Waals surface area contributed by atoms with Crippen molar-refractivity contribution in [3.8, 4) is 0 Å². The van der Waals surface area contributed by atoms with Crippen LogP contribution in [0, 0.1) is 6.92 Å². The van der Waals surface area contributed by atoms with Crippen LogP contribution in [0.4, 0.5) is 5.82 Å². The van der Waals surface area contributed by atoms with Crippen molar-refractivity contribution < 1.29 is 13.6 Å². The van der Waals surface area contributed by atoms with Crippen LogP contribution in [0.5, 0.6) is 0 Å². The third-order valence-corrected chi connectivity index (χ3v) is 5.83. The van der Waals surface area contributed by atoms with Crippen molar-refractivity contribution in [1.82, 2.24) is 9.78 Å². The topological polar surface area (TPSA) is 123 Å². The summed E-state index contributed by atoms with van der Waals surface area (Å²) in [5.74, 6) is -0.115. The van der Waals surface area contributed by atoms with Gasteiger partial charge in [0.1, 0.15) is 10.7 Å². The third kappa shape index (κ3) is 3.04. The lowest BCUT2D eigenvalue weighted by molar-refractivity contribution is 0.318. The van der Waals surface area contributed by atoms with Crippen LogP contribution in [0.3, 0.4) is 0 Å². The molecule has 114 valence electrons. The highest BCUT2D eigenvalue weighted by Crippen LogP contribution is 2.31. The van der Waals surface area contributed by atoms with E-state index in [2.05, 4.69) is 30.9 Å². The lowest BCUT2D eigenvalue weighted by Gasteiger charge is -2.09. The summed E-state index contributed by atoms with van der Waals surface area (Å²) in [4.78, 5) is 0.799. The molecular formula is C10H12BrN5O3S2. The van der Waals surface area contributed by atoms with E-state index in [1.54, 1.807) is 14.0 Å². The van der Waals surface area contributed by atoms with Gasteiger partial charge in [-0.1, -0.05) is 5.16 Å². The number of hydrogen-bond donors (Lipinski definition) is 3. The number of hydrogen-bond acceptors (Lipinski definition) is 6. The Balaban J connectivity index is 2.47. The molecule has 2 aromatic rings. The summed E-state index contributed by atoms with van der Waals surface area (Å²) < 4.78 is 29.3. The molecule has 0 spiro atoms. The van der Waals surface area contributed by atoms with Gasteiger partial charge >= 0.3 is 0 Å². The predicted octanol–water partition coefficient (Wildman–Crippen LogP) is 1.45. The van der Waals surface area contributed by atoms with E-state index in [1.165, 1.54) is 28.3 Å². The van der Waals surface area contributed by atoms with Crippen molar-refractivity contribution in [2.75, 3.05) is 4.72 Å². The second-order valence-electron chi connectivity index (χ2n) is 4.09. The van der Waals surface area contributed by atoms with E-state index in [4.69, 9.17) is 10.9 Å². The van der Waals surface area contributed by atoms with Gasteiger partial charge in [0, 0.05) is 11.9 Å². The van der Waals surface area contributed by atoms with Gasteiger partial charge in [0.2, 0.25) is 0 Å². The zero-order valence-electron chi connectivity index (χ0n) is 11.0. The monoisotopic (exact) mass is 393 g/mol. The maximum atomic E-state index is 12.4. The van der Waals surface area contributed by atoms with E-state index in [9.17, 15) is 8.42 Å². The highest BCUT2D eigenvalue weighted by atomic mass is 79.9. The molecule has 2 aromatic heterocycles. The van der Waals surface area contributed by atoms with E-state index < -0.39 is 10.0 Å². The minimum Gasteiger partial charge on any atom is -0.409 e. The summed E-state index contributed by atoms with van der Waals surface area (Å²) >= 11 is 4.57. The smallest absolute Gasteiger partial charge is 0.264 e. The van der Waals surface area contributed by atoms with Crippen LogP contribution in [0.25, 0.3) is 0 Å². The van der Waals surface area contributed by atoms with Crippen molar-refractivity contribution >= 4 is 48.9 Å². The van der Waals surface area contributed by atoms with Gasteiger partial charge < -0.3 is 10.9 Å². The molecule has 8 nitrogen and oxygen atoms in total. The van der Waals surface area contributed by atoms with Crippen LogP contribution >= 0.6 is 27.3 Å². The van der Waals surface area contributed by atoms with Gasteiger partial charge in [-0.25, -0.2) is 8.42 Å². The molecule has 0 aromatic carbocycles. The van der Waals surface area contributed by atoms with Gasteiger partial charge in [-0.05, 0) is 28.9 Å². The molecule has 0 unspecified atom stereocenters. The standard InChI is InChI=1S/C10H12BrN5O3S2/c1-5-7(3-8(11)20-5)21(18,19)15-10-6(9(12)14-17)4-13-16(10)2/h3-4,15,17H,1-2H3,(H2,12,14). The molecule has 0 radical (unpaired) electrons. The molecule has 11 heteroatoms. The van der Waals surface area contributed by atoms with Crippen LogP contribution in [-0.4, -0.2) is 29.2 Å². The number of aromatic nitrogens is 2. The Morgan fingerprint density at radius 3 is 2.81 bits per heavy atom. The molecule has 0 amide bonds. The number of sulfonamides is 1. The zero-order chi connectivity index (χ0) is 15.8. The van der Waals surface area contributed by atoms with Gasteiger partial charge in [-0.3, -0.25) is 9.40 Å². The molecule has 21 heavy (non-hydrogen) atoms. The fraction of sp³-hybridized carbons (Fsp3) is 0.200. The number of halogens is 1. The highest BCUT2D eigenvalue weighted by molar-refractivity contribution is 9.11. The number of nitrogens with zero attached hydrogens (tertiary/aromatic N) is 3. The molecule has 0 aliphatic carbocycles. The molecule has 0 fully saturated rings. The zero-order valence-corrected chi connectivity index (χ0v) is 14.3. The fourth-order valence-electron chi connectivity index (χ4n) is 1.68. The number of anilines is 1. The first kappa shape index (κ1) is 15.8. The molecule has 0 aliphatic rings. The number of nitrogens with one attached hydrogen (secondary N) is 1. The fourth-order valence-corrected chi connectivity index (χ4v) is 5.20. The van der Waals surface area contributed by atoms with Gasteiger partial charge in [0.05, 0.1) is 15.5 Å². The molecule has 2 rings (SSSR count). The van der Waals surface area contributed by atoms with E-state index >= 15 is 0 Å². The van der Waals surface area contributed by atoms with Crippen molar-refractivity contribution in [1.29, 1.82) is 0 Å². The molecule has 0 saturated carbocycles. The Kier molecular flexibility index (Phi) is 4.25. The molecular weight excluding hydrogens is 382 g/mol. The number of rotatable bonds is 4. The predicted molar refractivity (Wildman–Crippen MR) is 83.3 cm³/mol. The van der Waals surface area contributed by atoms with E-state index in [0.717, 1.165) is 0 Å². The lowest BCUT2D eigenvalue weighted by atomic mass is 10.3. The minimum absolute atomic E-state index is 0.118. The van der Waals surface area contributed by atoms with Crippen molar-refractivity contribution in [2.24, 2.45) is 17.9 Å². The first-order valence-electron chi connectivity index (χ1n) is 5.55. The van der Waals surface area contributed by atoms with E-state index in [-0.39, 0.29) is 22.1 Å². The van der Waals surface area contributed by atoms with Crippen LogP contribution < -0.4 is 10.5 Å². The Morgan fingerprint density at radius 1 is 1.62 bits per heavy atom. The summed E-state index contributed by atoms with van der Waals surface area (Å²) in [6.07, 6.45) is 1.31. The van der Waals surface area contributed by atoms with Crippen LogP contribution in [0.15, 0.2) is 26.1 Å². The second-order valence-corrected chi connectivity index (χ2v) is 8.38. The maximum Gasteiger partial charge on any atom is 0.264 e. The summed E-state index contributed by atoms with van der Waals surface area (Å²) in [6, 6.07) is 1.52. The average molecular weight is 394 g/mol. The Morgan fingerprint density at radius 2 is 2.29 bits per heavy atom. The van der Waals surface area contributed by atoms with Gasteiger partial charge in [0.15, 0.2) is 5.84 Å². The summed E-state index contributed by atoms with van der Waals surface area (Å²) in [5.41, 5.74) is 5.70. The first-order chi connectivity index (χ1) is 9.76. The molecule has 2 heterocycles. The molecule has 0 saturated heterocycles. The number of nitrogens with two attached hydrogens (primary N) is 1. The van der Waals surface area contributed by atoms with Gasteiger partial charge in [0.25, 0.3) is 10.0 Å². The van der Waals surface area contributed by atoms with Crippen molar-refractivity contribution in [3.63, 3.8) is 0 Å². The van der Waals surface area contributed by atoms with Crippen molar-refractivity contribution in [2.45, 2.75) is 11.8 Å². The maximum absolute atomic E-state index is 12.4. The number of amidine groups is 1. The Bertz CT molecular complexity index is 809. The average Bonchev–Trinajstić information content (AvgIpc) is 2.92. The molecule has 0 aliphatic heterocycles. The summed E-state index contributed by atoms with van der Waals surface area (Å²) in [6.45, 7) is 1.71.